The highest BCUT2D eigenvalue weighted by molar-refractivity contribution is 6.42. The van der Waals surface area contributed by atoms with E-state index in [4.69, 9.17) is 32.7 Å². The Balaban J connectivity index is 1.72. The van der Waals surface area contributed by atoms with Gasteiger partial charge in [-0.3, -0.25) is 4.79 Å². The van der Waals surface area contributed by atoms with Crippen molar-refractivity contribution in [3.63, 3.8) is 0 Å². The highest BCUT2D eigenvalue weighted by atomic mass is 35.5. The molecule has 2 aliphatic rings. The van der Waals surface area contributed by atoms with Gasteiger partial charge in [-0.1, -0.05) is 29.3 Å². The first-order valence-corrected chi connectivity index (χ1v) is 8.80. The smallest absolute Gasteiger partial charge is 0.158 e. The van der Waals surface area contributed by atoms with Crippen LogP contribution >= 0.6 is 23.2 Å². The van der Waals surface area contributed by atoms with Gasteiger partial charge in [0.15, 0.2) is 12.1 Å². The van der Waals surface area contributed by atoms with E-state index in [1.54, 1.807) is 12.1 Å². The SMILES string of the molecule is O=C1CNCC1(CCOC1CCCCO1)c1ccc(Cl)c(Cl)c1. The largest absolute Gasteiger partial charge is 0.353 e. The molecule has 1 aromatic rings. The van der Waals surface area contributed by atoms with Gasteiger partial charge < -0.3 is 14.8 Å². The lowest BCUT2D eigenvalue weighted by Crippen LogP contribution is -2.37. The van der Waals surface area contributed by atoms with Gasteiger partial charge in [0.05, 0.1) is 28.6 Å². The molecule has 2 saturated heterocycles. The van der Waals surface area contributed by atoms with Gasteiger partial charge in [-0.25, -0.2) is 0 Å². The Hall–Kier alpha value is -0.650. The molecule has 2 aliphatic heterocycles. The molecule has 126 valence electrons. The van der Waals surface area contributed by atoms with E-state index in [2.05, 4.69) is 5.32 Å². The molecule has 1 N–H and O–H groups in total. The van der Waals surface area contributed by atoms with Crippen LogP contribution in [0.3, 0.4) is 0 Å². The second kappa shape index (κ2) is 7.49. The fraction of sp³-hybridized carbons (Fsp3) is 0.588. The first-order chi connectivity index (χ1) is 11.1. The fourth-order valence-corrected chi connectivity index (χ4v) is 3.59. The van der Waals surface area contributed by atoms with Crippen molar-refractivity contribution in [3.8, 4) is 0 Å². The highest BCUT2D eigenvalue weighted by Gasteiger charge is 2.43. The molecule has 1 aromatic carbocycles. The number of hydrogen-bond donors (Lipinski definition) is 1. The molecule has 0 amide bonds. The van der Waals surface area contributed by atoms with Crippen molar-refractivity contribution in [3.05, 3.63) is 33.8 Å². The van der Waals surface area contributed by atoms with E-state index in [1.165, 1.54) is 0 Å². The Kier molecular flexibility index (Phi) is 5.60. The topological polar surface area (TPSA) is 47.6 Å². The number of hydrogen-bond acceptors (Lipinski definition) is 4. The van der Waals surface area contributed by atoms with Crippen LogP contribution < -0.4 is 5.32 Å². The number of ether oxygens (including phenoxy) is 2. The van der Waals surface area contributed by atoms with Gasteiger partial charge in [-0.15, -0.1) is 0 Å². The summed E-state index contributed by atoms with van der Waals surface area (Å²) in [7, 11) is 0. The first-order valence-electron chi connectivity index (χ1n) is 8.04. The van der Waals surface area contributed by atoms with E-state index in [1.807, 2.05) is 6.07 Å². The second-order valence-corrected chi connectivity index (χ2v) is 6.97. The Morgan fingerprint density at radius 1 is 1.30 bits per heavy atom. The number of rotatable bonds is 5. The summed E-state index contributed by atoms with van der Waals surface area (Å²) in [5, 5.41) is 4.14. The van der Waals surface area contributed by atoms with Gasteiger partial charge in [-0.2, -0.15) is 0 Å². The van der Waals surface area contributed by atoms with Crippen LogP contribution in [0.5, 0.6) is 0 Å². The lowest BCUT2D eigenvalue weighted by Gasteiger charge is -2.29. The Morgan fingerprint density at radius 3 is 2.83 bits per heavy atom. The second-order valence-electron chi connectivity index (χ2n) is 6.15. The molecule has 2 fully saturated rings. The molecule has 0 bridgehead atoms. The van der Waals surface area contributed by atoms with Crippen LogP contribution in [0.15, 0.2) is 18.2 Å². The molecule has 23 heavy (non-hydrogen) atoms. The van der Waals surface area contributed by atoms with Crippen molar-refractivity contribution in [1.82, 2.24) is 5.32 Å². The van der Waals surface area contributed by atoms with Crippen LogP contribution in [0.4, 0.5) is 0 Å². The first kappa shape index (κ1) is 17.2. The van der Waals surface area contributed by atoms with E-state index in [-0.39, 0.29) is 12.1 Å². The maximum atomic E-state index is 12.5. The summed E-state index contributed by atoms with van der Waals surface area (Å²) in [5.74, 6) is 0.170. The van der Waals surface area contributed by atoms with E-state index in [9.17, 15) is 4.79 Å². The quantitative estimate of drug-likeness (QED) is 0.877. The van der Waals surface area contributed by atoms with E-state index < -0.39 is 5.41 Å². The van der Waals surface area contributed by atoms with Gasteiger partial charge in [0.25, 0.3) is 0 Å². The van der Waals surface area contributed by atoms with Crippen LogP contribution in [-0.2, 0) is 19.7 Å². The monoisotopic (exact) mass is 357 g/mol. The molecule has 6 heteroatoms. The number of Topliss-reactive ketones (excluding diaryl/α,β-unsaturated/α-hetero) is 1. The number of carbonyl (C=O) groups is 1. The molecular formula is C17H21Cl2NO3. The van der Waals surface area contributed by atoms with Gasteiger partial charge in [0.2, 0.25) is 0 Å². The average molecular weight is 358 g/mol. The zero-order valence-corrected chi connectivity index (χ0v) is 14.5. The standard InChI is InChI=1S/C17H21Cl2NO3/c18-13-5-4-12(9-14(13)19)17(11-20-10-15(17)21)6-8-23-16-3-1-2-7-22-16/h4-5,9,16,20H,1-3,6-8,10-11H2. The molecule has 0 saturated carbocycles. The number of benzene rings is 1. The van der Waals surface area contributed by atoms with Crippen LogP contribution in [0.1, 0.15) is 31.2 Å². The highest BCUT2D eigenvalue weighted by Crippen LogP contribution is 2.35. The molecule has 0 aromatic heterocycles. The van der Waals surface area contributed by atoms with Crippen LogP contribution in [0.2, 0.25) is 10.0 Å². The summed E-state index contributed by atoms with van der Waals surface area (Å²) in [6, 6.07) is 5.43. The number of nitrogens with one attached hydrogen (secondary N) is 1. The van der Waals surface area contributed by atoms with Gasteiger partial charge in [0, 0.05) is 13.2 Å². The van der Waals surface area contributed by atoms with Crippen molar-refractivity contribution in [1.29, 1.82) is 0 Å². The molecule has 0 spiro atoms. The summed E-state index contributed by atoms with van der Waals surface area (Å²) < 4.78 is 11.4. The van der Waals surface area contributed by atoms with Crippen LogP contribution in [0, 0.1) is 0 Å². The molecule has 0 aliphatic carbocycles. The fourth-order valence-electron chi connectivity index (χ4n) is 3.29. The molecule has 2 heterocycles. The van der Waals surface area contributed by atoms with Crippen molar-refractivity contribution in [2.24, 2.45) is 0 Å². The minimum absolute atomic E-state index is 0.140. The van der Waals surface area contributed by atoms with E-state index >= 15 is 0 Å². The average Bonchev–Trinajstić information content (AvgIpc) is 2.93. The van der Waals surface area contributed by atoms with Crippen molar-refractivity contribution >= 4 is 29.0 Å². The van der Waals surface area contributed by atoms with Gasteiger partial charge in [-0.05, 0) is 43.4 Å². The Labute approximate surface area is 146 Å². The lowest BCUT2D eigenvalue weighted by molar-refractivity contribution is -0.165. The Bertz CT molecular complexity index is 575. The third kappa shape index (κ3) is 3.72. The molecule has 4 nitrogen and oxygen atoms in total. The number of halogens is 2. The predicted octanol–water partition coefficient (Wildman–Crippen LogP) is 3.34. The summed E-state index contributed by atoms with van der Waals surface area (Å²) in [4.78, 5) is 12.5. The van der Waals surface area contributed by atoms with E-state index in [0.717, 1.165) is 31.4 Å². The molecular weight excluding hydrogens is 337 g/mol. The van der Waals surface area contributed by atoms with Crippen LogP contribution in [0.25, 0.3) is 0 Å². The van der Waals surface area contributed by atoms with Gasteiger partial charge >= 0.3 is 0 Å². The summed E-state index contributed by atoms with van der Waals surface area (Å²) in [5.41, 5.74) is 0.304. The maximum Gasteiger partial charge on any atom is 0.158 e. The zero-order valence-electron chi connectivity index (χ0n) is 12.9. The summed E-state index contributed by atoms with van der Waals surface area (Å²) in [6.07, 6.45) is 3.61. The van der Waals surface area contributed by atoms with Gasteiger partial charge in [0.1, 0.15) is 0 Å². The molecule has 3 rings (SSSR count). The third-order valence-electron chi connectivity index (χ3n) is 4.69. The molecule has 0 radical (unpaired) electrons. The summed E-state index contributed by atoms with van der Waals surface area (Å²) in [6.45, 7) is 2.21. The zero-order chi connectivity index (χ0) is 16.3. The summed E-state index contributed by atoms with van der Waals surface area (Å²) >= 11 is 12.1. The van der Waals surface area contributed by atoms with Crippen LogP contribution in [-0.4, -0.2) is 38.4 Å². The van der Waals surface area contributed by atoms with Crippen molar-refractivity contribution in [2.45, 2.75) is 37.4 Å². The number of ketones is 1. The molecule has 2 unspecified atom stereocenters. The van der Waals surface area contributed by atoms with E-state index in [0.29, 0.717) is 36.2 Å². The predicted molar refractivity (Wildman–Crippen MR) is 90.2 cm³/mol. The Morgan fingerprint density at radius 2 is 2.17 bits per heavy atom. The number of carbonyl (C=O) groups excluding carboxylic acids is 1. The lowest BCUT2D eigenvalue weighted by atomic mass is 9.76. The maximum absolute atomic E-state index is 12.5. The molecule has 2 atom stereocenters. The normalized spacial score (nSPS) is 28.3. The minimum Gasteiger partial charge on any atom is -0.353 e. The van der Waals surface area contributed by atoms with Crippen molar-refractivity contribution in [2.75, 3.05) is 26.3 Å². The minimum atomic E-state index is -0.594. The third-order valence-corrected chi connectivity index (χ3v) is 5.43. The van der Waals surface area contributed by atoms with Crippen molar-refractivity contribution < 1.29 is 14.3 Å².